The Morgan fingerprint density at radius 2 is 1.86 bits per heavy atom. The van der Waals surface area contributed by atoms with Gasteiger partial charge in [0, 0.05) is 44.4 Å². The molecule has 1 aliphatic carbocycles. The number of amides is 1. The van der Waals surface area contributed by atoms with Crippen molar-refractivity contribution >= 4 is 17.7 Å². The van der Waals surface area contributed by atoms with Gasteiger partial charge < -0.3 is 15.5 Å². The van der Waals surface area contributed by atoms with Gasteiger partial charge in [0.1, 0.15) is 5.82 Å². The lowest BCUT2D eigenvalue weighted by molar-refractivity contribution is -0.126. The Hall–Kier alpha value is -2.63. The molecular formula is C22H31N5O. The van der Waals surface area contributed by atoms with Crippen LogP contribution in [0.3, 0.4) is 0 Å². The van der Waals surface area contributed by atoms with E-state index in [2.05, 4.69) is 45.7 Å². The number of aryl methyl sites for hydroxylation is 2. The molecule has 0 unspecified atom stereocenters. The molecule has 1 aliphatic rings. The van der Waals surface area contributed by atoms with Crippen molar-refractivity contribution in [2.45, 2.75) is 52.1 Å². The Kier molecular flexibility index (Phi) is 6.49. The number of benzene rings is 1. The van der Waals surface area contributed by atoms with Crippen molar-refractivity contribution in [2.24, 2.45) is 5.92 Å². The molecule has 150 valence electrons. The molecule has 2 N–H and O–H groups in total. The zero-order valence-electron chi connectivity index (χ0n) is 17.3. The molecule has 1 saturated carbocycles. The van der Waals surface area contributed by atoms with Crippen LogP contribution in [0, 0.1) is 19.8 Å². The van der Waals surface area contributed by atoms with Crippen molar-refractivity contribution in [3.63, 3.8) is 0 Å². The molecule has 0 spiro atoms. The summed E-state index contributed by atoms with van der Waals surface area (Å²) in [5, 5.41) is 6.56. The maximum absolute atomic E-state index is 12.5. The zero-order valence-corrected chi connectivity index (χ0v) is 17.3. The van der Waals surface area contributed by atoms with Gasteiger partial charge in [0.2, 0.25) is 11.9 Å². The smallest absolute Gasteiger partial charge is 0.225 e. The molecule has 0 aliphatic heterocycles. The predicted molar refractivity (Wildman–Crippen MR) is 113 cm³/mol. The fourth-order valence-electron chi connectivity index (χ4n) is 3.68. The minimum atomic E-state index is 0.0959. The fraction of sp³-hybridized carbons (Fsp3) is 0.500. The van der Waals surface area contributed by atoms with E-state index >= 15 is 0 Å². The van der Waals surface area contributed by atoms with E-state index < -0.39 is 0 Å². The Morgan fingerprint density at radius 1 is 1.11 bits per heavy atom. The lowest BCUT2D eigenvalue weighted by Crippen LogP contribution is -2.36. The van der Waals surface area contributed by atoms with Crippen molar-refractivity contribution in [1.82, 2.24) is 15.3 Å². The van der Waals surface area contributed by atoms with E-state index in [0.29, 0.717) is 18.5 Å². The first kappa shape index (κ1) is 20.1. The number of hydrogen-bond acceptors (Lipinski definition) is 5. The summed E-state index contributed by atoms with van der Waals surface area (Å²) in [6, 6.07) is 10.6. The summed E-state index contributed by atoms with van der Waals surface area (Å²) in [6.45, 7) is 4.65. The maximum Gasteiger partial charge on any atom is 0.225 e. The lowest BCUT2D eigenvalue weighted by Gasteiger charge is -2.28. The van der Waals surface area contributed by atoms with Crippen molar-refractivity contribution in [2.75, 3.05) is 24.3 Å². The fourth-order valence-corrected chi connectivity index (χ4v) is 3.68. The number of carbonyl (C=O) groups excluding carboxylic acids is 1. The molecule has 1 heterocycles. The third kappa shape index (κ3) is 5.44. The van der Waals surface area contributed by atoms with Gasteiger partial charge in [0.15, 0.2) is 0 Å². The maximum atomic E-state index is 12.5. The highest BCUT2D eigenvalue weighted by Crippen LogP contribution is 2.26. The van der Waals surface area contributed by atoms with E-state index in [1.807, 2.05) is 38.1 Å². The van der Waals surface area contributed by atoms with E-state index in [-0.39, 0.29) is 11.8 Å². The Bertz CT molecular complexity index is 812. The van der Waals surface area contributed by atoms with Crippen LogP contribution in [-0.4, -0.2) is 36.0 Å². The van der Waals surface area contributed by atoms with Gasteiger partial charge in [-0.15, -0.1) is 0 Å². The van der Waals surface area contributed by atoms with Crippen molar-refractivity contribution < 1.29 is 4.79 Å². The molecule has 28 heavy (non-hydrogen) atoms. The molecular weight excluding hydrogens is 350 g/mol. The number of hydrogen-bond donors (Lipinski definition) is 2. The molecule has 0 radical (unpaired) electrons. The second-order valence-corrected chi connectivity index (χ2v) is 7.99. The van der Waals surface area contributed by atoms with Gasteiger partial charge in [-0.2, -0.15) is 4.98 Å². The average molecular weight is 382 g/mol. The van der Waals surface area contributed by atoms with Gasteiger partial charge in [0.05, 0.1) is 0 Å². The summed E-state index contributed by atoms with van der Waals surface area (Å²) in [5.41, 5.74) is 3.32. The highest BCUT2D eigenvalue weighted by atomic mass is 16.1. The van der Waals surface area contributed by atoms with Crippen molar-refractivity contribution in [3.8, 4) is 0 Å². The normalized spacial score (nSPS) is 19.1. The number of rotatable bonds is 6. The van der Waals surface area contributed by atoms with Crippen LogP contribution in [0.15, 0.2) is 30.3 Å². The minimum Gasteiger partial charge on any atom is -0.363 e. The van der Waals surface area contributed by atoms with Crippen LogP contribution in [-0.2, 0) is 11.3 Å². The summed E-state index contributed by atoms with van der Waals surface area (Å²) in [4.78, 5) is 23.6. The van der Waals surface area contributed by atoms with Crippen LogP contribution in [0.5, 0.6) is 0 Å². The summed E-state index contributed by atoms with van der Waals surface area (Å²) in [5.74, 6) is 1.84. The number of nitrogens with one attached hydrogen (secondary N) is 2. The molecule has 2 aromatic rings. The van der Waals surface area contributed by atoms with E-state index in [0.717, 1.165) is 42.8 Å². The number of nitrogens with zero attached hydrogens (tertiary/aromatic N) is 3. The Balaban J connectivity index is 1.48. The topological polar surface area (TPSA) is 70.2 Å². The average Bonchev–Trinajstić information content (AvgIpc) is 2.66. The molecule has 0 atom stereocenters. The molecule has 6 heteroatoms. The second-order valence-electron chi connectivity index (χ2n) is 7.99. The third-order valence-corrected chi connectivity index (χ3v) is 5.28. The standard InChI is InChI=1S/C22H31N5O/c1-15-6-5-7-17(12-15)14-23-21(28)18-8-10-19(11-9-18)25-22-24-16(2)13-20(26-22)27(3)4/h5-7,12-13,18-19H,8-11,14H2,1-4H3,(H,23,28)(H,24,25,26). The molecule has 0 bridgehead atoms. The zero-order chi connectivity index (χ0) is 20.1. The minimum absolute atomic E-state index is 0.0959. The van der Waals surface area contributed by atoms with E-state index in [1.165, 1.54) is 5.56 Å². The van der Waals surface area contributed by atoms with E-state index in [4.69, 9.17) is 0 Å². The van der Waals surface area contributed by atoms with Crippen LogP contribution in [0.25, 0.3) is 0 Å². The molecule has 1 fully saturated rings. The summed E-state index contributed by atoms with van der Waals surface area (Å²) < 4.78 is 0. The largest absolute Gasteiger partial charge is 0.363 e. The first-order valence-corrected chi connectivity index (χ1v) is 10.0. The van der Waals surface area contributed by atoms with Gasteiger partial charge in [0.25, 0.3) is 0 Å². The van der Waals surface area contributed by atoms with Gasteiger partial charge >= 0.3 is 0 Å². The molecule has 1 aromatic heterocycles. The number of anilines is 2. The first-order valence-electron chi connectivity index (χ1n) is 10.0. The van der Waals surface area contributed by atoms with Crippen LogP contribution in [0.1, 0.15) is 42.5 Å². The molecule has 1 amide bonds. The molecule has 6 nitrogen and oxygen atoms in total. The van der Waals surface area contributed by atoms with Gasteiger partial charge in [-0.05, 0) is 45.1 Å². The van der Waals surface area contributed by atoms with Crippen LogP contribution < -0.4 is 15.5 Å². The van der Waals surface area contributed by atoms with Crippen molar-refractivity contribution in [1.29, 1.82) is 0 Å². The van der Waals surface area contributed by atoms with E-state index in [9.17, 15) is 4.79 Å². The van der Waals surface area contributed by atoms with Crippen LogP contribution in [0.2, 0.25) is 0 Å². The Labute approximate surface area is 167 Å². The second kappa shape index (κ2) is 9.04. The quantitative estimate of drug-likeness (QED) is 0.802. The Morgan fingerprint density at radius 3 is 2.54 bits per heavy atom. The number of carbonyl (C=O) groups is 1. The summed E-state index contributed by atoms with van der Waals surface area (Å²) in [6.07, 6.45) is 3.70. The van der Waals surface area contributed by atoms with Crippen molar-refractivity contribution in [3.05, 3.63) is 47.2 Å². The highest BCUT2D eigenvalue weighted by Gasteiger charge is 2.26. The number of aromatic nitrogens is 2. The third-order valence-electron chi connectivity index (χ3n) is 5.28. The summed E-state index contributed by atoms with van der Waals surface area (Å²) >= 11 is 0. The lowest BCUT2D eigenvalue weighted by atomic mass is 9.85. The van der Waals surface area contributed by atoms with E-state index in [1.54, 1.807) is 0 Å². The predicted octanol–water partition coefficient (Wildman–Crippen LogP) is 3.45. The SMILES string of the molecule is Cc1cccc(CNC(=O)C2CCC(Nc3nc(C)cc(N(C)C)n3)CC2)c1. The highest BCUT2D eigenvalue weighted by molar-refractivity contribution is 5.78. The first-order chi connectivity index (χ1) is 13.4. The summed E-state index contributed by atoms with van der Waals surface area (Å²) in [7, 11) is 3.96. The van der Waals surface area contributed by atoms with Gasteiger partial charge in [-0.3, -0.25) is 4.79 Å². The van der Waals surface area contributed by atoms with Crippen LogP contribution in [0.4, 0.5) is 11.8 Å². The molecule has 3 rings (SSSR count). The van der Waals surface area contributed by atoms with Crippen LogP contribution >= 0.6 is 0 Å². The monoisotopic (exact) mass is 381 g/mol. The van der Waals surface area contributed by atoms with Gasteiger partial charge in [-0.1, -0.05) is 29.8 Å². The van der Waals surface area contributed by atoms with Gasteiger partial charge in [-0.25, -0.2) is 4.98 Å². The molecule has 0 saturated heterocycles. The molecule has 1 aromatic carbocycles.